The lowest BCUT2D eigenvalue weighted by Gasteiger charge is -2.40. The van der Waals surface area contributed by atoms with Crippen molar-refractivity contribution in [3.8, 4) is 5.75 Å². The Hall–Kier alpha value is -2.36. The average Bonchev–Trinajstić information content (AvgIpc) is 2.61. The number of aliphatic imine (C=N–C) groups is 1. The molecule has 2 nitrogen and oxygen atoms in total. The third kappa shape index (κ3) is 3.82. The van der Waals surface area contributed by atoms with Crippen LogP contribution in [0, 0.1) is 6.92 Å². The van der Waals surface area contributed by atoms with Crippen molar-refractivity contribution in [1.29, 1.82) is 0 Å². The fourth-order valence-corrected chi connectivity index (χ4v) is 1.98. The van der Waals surface area contributed by atoms with E-state index in [9.17, 15) is 71.0 Å². The normalized spacial score (nSPS) is 15.5. The third-order valence-corrected chi connectivity index (χ3v) is 3.95. The molecule has 1 rings (SSSR count). The van der Waals surface area contributed by atoms with E-state index in [1.807, 2.05) is 0 Å². The zero-order chi connectivity index (χ0) is 25.8. The number of hydrogen-bond donors (Lipinski definition) is 1. The summed E-state index contributed by atoms with van der Waals surface area (Å²) in [4.78, 5) is 1.54. The first-order valence-corrected chi connectivity index (χ1v) is 7.57. The van der Waals surface area contributed by atoms with Crippen molar-refractivity contribution in [2.24, 2.45) is 4.99 Å². The van der Waals surface area contributed by atoms with Crippen LogP contribution in [0.3, 0.4) is 0 Å². The molecule has 0 fully saturated rings. The summed E-state index contributed by atoms with van der Waals surface area (Å²) >= 11 is 0. The van der Waals surface area contributed by atoms with E-state index in [2.05, 4.69) is 0 Å². The van der Waals surface area contributed by atoms with Gasteiger partial charge in [-0.1, -0.05) is 12.1 Å². The van der Waals surface area contributed by atoms with Gasteiger partial charge in [-0.05, 0) is 18.6 Å². The van der Waals surface area contributed by atoms with E-state index < -0.39 is 59.4 Å². The predicted octanol–water partition coefficient (Wildman–Crippen LogP) is 6.45. The van der Waals surface area contributed by atoms with Crippen molar-refractivity contribution in [3.63, 3.8) is 0 Å². The Bertz CT molecular complexity index is 872. The van der Waals surface area contributed by atoms with Gasteiger partial charge in [0.05, 0.1) is 0 Å². The summed E-state index contributed by atoms with van der Waals surface area (Å²) in [5, 5.41) is 9.48. The Balaban J connectivity index is 3.55. The van der Waals surface area contributed by atoms with Crippen LogP contribution in [-0.4, -0.2) is 53.2 Å². The minimum absolute atomic E-state index is 0.116. The molecule has 1 aromatic carbocycles. The lowest BCUT2D eigenvalue weighted by molar-refractivity contribution is -0.451. The molecule has 1 aromatic rings. The van der Waals surface area contributed by atoms with Gasteiger partial charge >= 0.3 is 41.8 Å². The van der Waals surface area contributed by atoms with Gasteiger partial charge in [-0.2, -0.15) is 65.9 Å². The van der Waals surface area contributed by atoms with Crippen LogP contribution in [0.25, 0.3) is 0 Å². The van der Waals surface area contributed by atoms with Gasteiger partial charge in [-0.15, -0.1) is 0 Å². The van der Waals surface area contributed by atoms with Crippen LogP contribution in [0.5, 0.6) is 5.75 Å². The van der Waals surface area contributed by atoms with E-state index in [-0.39, 0.29) is 5.56 Å². The predicted molar refractivity (Wildman–Crippen MR) is 76.2 cm³/mol. The first-order valence-electron chi connectivity index (χ1n) is 7.57. The molecule has 1 N–H and O–H groups in total. The van der Waals surface area contributed by atoms with Crippen LogP contribution in [-0.2, 0) is 0 Å². The Kier molecular flexibility index (Phi) is 6.58. The lowest BCUT2D eigenvalue weighted by Crippen LogP contribution is -2.72. The quantitative estimate of drug-likeness (QED) is 0.259. The standard InChI is InChI=1S/C15H8F15NO/c1-6-3-2-4-7(8(6)32)5-31-15(29,30)13(24,25)11(20,21)9(16,17)10(18,19)12(22,23)14(26,27)28/h2-5,32H,1H3. The van der Waals surface area contributed by atoms with Gasteiger partial charge in [0.15, 0.2) is 0 Å². The summed E-state index contributed by atoms with van der Waals surface area (Å²) in [5.74, 6) is -41.6. The van der Waals surface area contributed by atoms with Gasteiger partial charge < -0.3 is 5.11 Å². The minimum Gasteiger partial charge on any atom is -0.507 e. The zero-order valence-corrected chi connectivity index (χ0v) is 14.9. The number of phenolic OH excluding ortho intramolecular Hbond substituents is 1. The molecule has 0 aliphatic rings. The molecule has 0 radical (unpaired) electrons. The highest BCUT2D eigenvalue weighted by Crippen LogP contribution is 2.62. The maximum Gasteiger partial charge on any atom is 0.460 e. The number of phenols is 1. The Labute approximate surface area is 167 Å². The highest BCUT2D eigenvalue weighted by atomic mass is 19.4. The average molecular weight is 503 g/mol. The van der Waals surface area contributed by atoms with Crippen LogP contribution in [0.1, 0.15) is 11.1 Å². The Morgan fingerprint density at radius 3 is 1.50 bits per heavy atom. The summed E-state index contributed by atoms with van der Waals surface area (Å²) in [6, 6.07) is -3.99. The highest BCUT2D eigenvalue weighted by Gasteiger charge is 2.93. The number of aryl methyl sites for hydroxylation is 1. The van der Waals surface area contributed by atoms with Crippen molar-refractivity contribution in [2.45, 2.75) is 48.8 Å². The lowest BCUT2D eigenvalue weighted by atomic mass is 9.93. The second-order valence-electron chi connectivity index (χ2n) is 6.18. The number of benzene rings is 1. The zero-order valence-electron chi connectivity index (χ0n) is 14.9. The van der Waals surface area contributed by atoms with E-state index in [1.165, 1.54) is 4.99 Å². The second kappa shape index (κ2) is 7.60. The first-order chi connectivity index (χ1) is 13.9. The number of nitrogens with zero attached hydrogens (tertiary/aromatic N) is 1. The molecule has 0 spiro atoms. The molecule has 0 unspecified atom stereocenters. The largest absolute Gasteiger partial charge is 0.507 e. The molecular weight excluding hydrogens is 495 g/mol. The van der Waals surface area contributed by atoms with E-state index >= 15 is 0 Å². The van der Waals surface area contributed by atoms with Crippen molar-refractivity contribution in [2.75, 3.05) is 0 Å². The molecule has 0 atom stereocenters. The van der Waals surface area contributed by atoms with Crippen LogP contribution in [0.4, 0.5) is 65.9 Å². The van der Waals surface area contributed by atoms with Crippen molar-refractivity contribution < 1.29 is 71.0 Å². The maximum atomic E-state index is 13.6. The van der Waals surface area contributed by atoms with Crippen LogP contribution < -0.4 is 0 Å². The summed E-state index contributed by atoms with van der Waals surface area (Å²) in [6.07, 6.45) is -8.12. The Morgan fingerprint density at radius 1 is 0.656 bits per heavy atom. The number of hydrogen-bond acceptors (Lipinski definition) is 2. The number of para-hydroxylation sites is 1. The topological polar surface area (TPSA) is 32.6 Å². The van der Waals surface area contributed by atoms with Crippen molar-refractivity contribution >= 4 is 6.21 Å². The molecule has 32 heavy (non-hydrogen) atoms. The van der Waals surface area contributed by atoms with Gasteiger partial charge in [0.2, 0.25) is 0 Å². The molecule has 0 amide bonds. The molecule has 0 bridgehead atoms. The second-order valence-corrected chi connectivity index (χ2v) is 6.18. The van der Waals surface area contributed by atoms with Crippen molar-refractivity contribution in [1.82, 2.24) is 0 Å². The molecule has 0 aliphatic heterocycles. The van der Waals surface area contributed by atoms with E-state index in [0.29, 0.717) is 6.07 Å². The van der Waals surface area contributed by atoms with Crippen LogP contribution in [0.2, 0.25) is 0 Å². The maximum absolute atomic E-state index is 13.6. The van der Waals surface area contributed by atoms with Gasteiger partial charge in [0, 0.05) is 11.8 Å². The van der Waals surface area contributed by atoms with Gasteiger partial charge in [0.1, 0.15) is 5.75 Å². The van der Waals surface area contributed by atoms with E-state index in [0.717, 1.165) is 19.1 Å². The molecule has 0 heterocycles. The van der Waals surface area contributed by atoms with E-state index in [4.69, 9.17) is 0 Å². The fraction of sp³-hybridized carbons (Fsp3) is 0.533. The van der Waals surface area contributed by atoms with Crippen molar-refractivity contribution in [3.05, 3.63) is 29.3 Å². The molecule has 0 saturated carbocycles. The number of halogens is 15. The van der Waals surface area contributed by atoms with Gasteiger partial charge in [-0.3, -0.25) is 0 Å². The summed E-state index contributed by atoms with van der Waals surface area (Å²) in [7, 11) is 0. The third-order valence-electron chi connectivity index (χ3n) is 3.95. The number of aromatic hydroxyl groups is 1. The molecule has 0 saturated heterocycles. The monoisotopic (exact) mass is 503 g/mol. The van der Waals surface area contributed by atoms with Gasteiger partial charge in [0.25, 0.3) is 0 Å². The molecule has 184 valence electrons. The van der Waals surface area contributed by atoms with E-state index in [1.54, 1.807) is 0 Å². The molecule has 0 aromatic heterocycles. The molecule has 17 heteroatoms. The van der Waals surface area contributed by atoms with Crippen LogP contribution in [0.15, 0.2) is 23.2 Å². The first kappa shape index (κ1) is 27.7. The summed E-state index contributed by atoms with van der Waals surface area (Å²) < 4.78 is 195. The highest BCUT2D eigenvalue weighted by molar-refractivity contribution is 5.84. The Morgan fingerprint density at radius 2 is 1.06 bits per heavy atom. The SMILES string of the molecule is Cc1cccc(C=NC(F)(F)C(F)(F)C(F)(F)C(F)(F)C(F)(F)C(F)(F)C(F)(F)F)c1O. The number of rotatable bonds is 7. The fourth-order valence-electron chi connectivity index (χ4n) is 1.98. The van der Waals surface area contributed by atoms with Gasteiger partial charge in [-0.25, -0.2) is 4.99 Å². The number of alkyl halides is 15. The molecular formula is C15H8F15NO. The summed E-state index contributed by atoms with van der Waals surface area (Å²) in [6.45, 7) is 1.12. The molecule has 0 aliphatic carbocycles. The van der Waals surface area contributed by atoms with Crippen LogP contribution >= 0.6 is 0 Å². The summed E-state index contributed by atoms with van der Waals surface area (Å²) in [5.41, 5.74) is -1.00. The smallest absolute Gasteiger partial charge is 0.460 e. The minimum atomic E-state index is -8.37.